The lowest BCUT2D eigenvalue weighted by Crippen LogP contribution is -2.14. The van der Waals surface area contributed by atoms with Gasteiger partial charge in [-0.1, -0.05) is 12.1 Å². The Morgan fingerprint density at radius 2 is 1.86 bits per heavy atom. The first kappa shape index (κ1) is 16.0. The summed E-state index contributed by atoms with van der Waals surface area (Å²) in [5, 5.41) is 13.5. The van der Waals surface area contributed by atoms with Gasteiger partial charge in [0.25, 0.3) is 5.69 Å². The highest BCUT2D eigenvalue weighted by Gasteiger charge is 2.08. The average Bonchev–Trinajstić information content (AvgIpc) is 2.49. The zero-order chi connectivity index (χ0) is 16.1. The van der Waals surface area contributed by atoms with Crippen molar-refractivity contribution >= 4 is 29.0 Å². The minimum Gasteiger partial charge on any atom is -0.325 e. The van der Waals surface area contributed by atoms with Gasteiger partial charge in [0.1, 0.15) is 0 Å². The molecule has 2 aromatic rings. The maximum absolute atomic E-state index is 12.0. The van der Waals surface area contributed by atoms with E-state index in [9.17, 15) is 14.9 Å². The third-order valence-electron chi connectivity index (χ3n) is 3.08. The minimum absolute atomic E-state index is 0.0455. The van der Waals surface area contributed by atoms with E-state index in [0.29, 0.717) is 0 Å². The summed E-state index contributed by atoms with van der Waals surface area (Å²) in [4.78, 5) is 22.9. The van der Waals surface area contributed by atoms with Crippen LogP contribution in [0.5, 0.6) is 0 Å². The van der Waals surface area contributed by atoms with Crippen molar-refractivity contribution in [2.24, 2.45) is 0 Å². The summed E-state index contributed by atoms with van der Waals surface area (Å²) in [6.45, 7) is 3.92. The predicted octanol–water partition coefficient (Wildman–Crippen LogP) is 3.94. The molecule has 0 radical (unpaired) electrons. The van der Waals surface area contributed by atoms with Crippen LogP contribution in [0.4, 0.5) is 11.4 Å². The Morgan fingerprint density at radius 3 is 2.50 bits per heavy atom. The van der Waals surface area contributed by atoms with E-state index in [2.05, 4.69) is 5.32 Å². The Balaban J connectivity index is 1.92. The third-order valence-corrected chi connectivity index (χ3v) is 4.10. The second kappa shape index (κ2) is 7.09. The molecular weight excluding hydrogens is 300 g/mol. The SMILES string of the molecule is Cc1ccc(C)c(NC(=O)CSc2ccc([N+](=O)[O-])cc2)c1. The molecule has 0 aliphatic rings. The van der Waals surface area contributed by atoms with Gasteiger partial charge >= 0.3 is 0 Å². The standard InChI is InChI=1S/C16H16N2O3S/c1-11-3-4-12(2)15(9-11)17-16(19)10-22-14-7-5-13(6-8-14)18(20)21/h3-9H,10H2,1-2H3,(H,17,19). The first-order chi connectivity index (χ1) is 10.5. The fourth-order valence-corrected chi connectivity index (χ4v) is 2.57. The molecule has 114 valence electrons. The summed E-state index contributed by atoms with van der Waals surface area (Å²) in [6.07, 6.45) is 0. The largest absolute Gasteiger partial charge is 0.325 e. The molecule has 0 spiro atoms. The molecule has 0 saturated heterocycles. The Kier molecular flexibility index (Phi) is 5.16. The molecule has 0 fully saturated rings. The summed E-state index contributed by atoms with van der Waals surface area (Å²) in [6, 6.07) is 12.1. The third kappa shape index (κ3) is 4.33. The summed E-state index contributed by atoms with van der Waals surface area (Å²) < 4.78 is 0. The van der Waals surface area contributed by atoms with E-state index in [1.807, 2.05) is 32.0 Å². The number of nitrogens with one attached hydrogen (secondary N) is 1. The van der Waals surface area contributed by atoms with Crippen molar-refractivity contribution in [3.63, 3.8) is 0 Å². The molecule has 0 unspecified atom stereocenters. The van der Waals surface area contributed by atoms with Gasteiger partial charge in [0, 0.05) is 22.7 Å². The van der Waals surface area contributed by atoms with Crippen molar-refractivity contribution in [2.75, 3.05) is 11.1 Å². The normalized spacial score (nSPS) is 10.3. The first-order valence-electron chi connectivity index (χ1n) is 6.70. The van der Waals surface area contributed by atoms with Gasteiger partial charge in [0.2, 0.25) is 5.91 Å². The molecule has 0 atom stereocenters. The molecule has 2 aromatic carbocycles. The van der Waals surface area contributed by atoms with Gasteiger partial charge in [-0.25, -0.2) is 0 Å². The van der Waals surface area contributed by atoms with E-state index in [4.69, 9.17) is 0 Å². The topological polar surface area (TPSA) is 72.2 Å². The van der Waals surface area contributed by atoms with Gasteiger partial charge in [-0.2, -0.15) is 0 Å². The smallest absolute Gasteiger partial charge is 0.269 e. The van der Waals surface area contributed by atoms with Crippen molar-refractivity contribution in [2.45, 2.75) is 18.7 Å². The van der Waals surface area contributed by atoms with E-state index >= 15 is 0 Å². The summed E-state index contributed by atoms with van der Waals surface area (Å²) in [7, 11) is 0. The lowest BCUT2D eigenvalue weighted by Gasteiger charge is -2.09. The van der Waals surface area contributed by atoms with Gasteiger partial charge in [-0.05, 0) is 43.2 Å². The number of carbonyl (C=O) groups is 1. The molecule has 2 rings (SSSR count). The van der Waals surface area contributed by atoms with Crippen molar-refractivity contribution in [3.8, 4) is 0 Å². The Bertz CT molecular complexity index is 699. The number of nitro groups is 1. The molecule has 0 aliphatic carbocycles. The number of amides is 1. The number of thioether (sulfide) groups is 1. The van der Waals surface area contributed by atoms with Crippen molar-refractivity contribution in [3.05, 3.63) is 63.7 Å². The van der Waals surface area contributed by atoms with Crippen LogP contribution in [0, 0.1) is 24.0 Å². The highest BCUT2D eigenvalue weighted by molar-refractivity contribution is 8.00. The molecule has 0 saturated carbocycles. The summed E-state index contributed by atoms with van der Waals surface area (Å²) in [5.74, 6) is 0.155. The predicted molar refractivity (Wildman–Crippen MR) is 88.4 cm³/mol. The maximum Gasteiger partial charge on any atom is 0.269 e. The lowest BCUT2D eigenvalue weighted by atomic mass is 10.1. The number of hydrogen-bond donors (Lipinski definition) is 1. The second-order valence-corrected chi connectivity index (χ2v) is 5.95. The van der Waals surface area contributed by atoms with Gasteiger partial charge in [0.15, 0.2) is 0 Å². The number of rotatable bonds is 5. The van der Waals surface area contributed by atoms with Crippen LogP contribution in [0.3, 0.4) is 0 Å². The molecule has 0 aromatic heterocycles. The quantitative estimate of drug-likeness (QED) is 0.515. The first-order valence-corrected chi connectivity index (χ1v) is 7.68. The Labute approximate surface area is 132 Å². The van der Waals surface area contributed by atoms with Gasteiger partial charge in [0.05, 0.1) is 10.7 Å². The van der Waals surface area contributed by atoms with Crippen molar-refractivity contribution < 1.29 is 9.72 Å². The van der Waals surface area contributed by atoms with Crippen LogP contribution in [-0.2, 0) is 4.79 Å². The number of carbonyl (C=O) groups excluding carboxylic acids is 1. The van der Waals surface area contributed by atoms with Crippen LogP contribution in [0.25, 0.3) is 0 Å². The number of nitrogens with zero attached hydrogens (tertiary/aromatic N) is 1. The zero-order valence-electron chi connectivity index (χ0n) is 12.3. The van der Waals surface area contributed by atoms with Crippen LogP contribution in [-0.4, -0.2) is 16.6 Å². The minimum atomic E-state index is -0.443. The lowest BCUT2D eigenvalue weighted by molar-refractivity contribution is -0.384. The number of nitro benzene ring substituents is 1. The number of non-ortho nitro benzene ring substituents is 1. The molecule has 0 heterocycles. The second-order valence-electron chi connectivity index (χ2n) is 4.91. The monoisotopic (exact) mass is 316 g/mol. The van der Waals surface area contributed by atoms with E-state index < -0.39 is 4.92 Å². The average molecular weight is 316 g/mol. The molecular formula is C16H16N2O3S. The molecule has 6 heteroatoms. The zero-order valence-corrected chi connectivity index (χ0v) is 13.1. The van der Waals surface area contributed by atoms with E-state index in [0.717, 1.165) is 21.7 Å². The van der Waals surface area contributed by atoms with E-state index in [1.165, 1.54) is 23.9 Å². The highest BCUT2D eigenvalue weighted by Crippen LogP contribution is 2.22. The fraction of sp³-hybridized carbons (Fsp3) is 0.188. The molecule has 1 amide bonds. The van der Waals surface area contributed by atoms with Crippen molar-refractivity contribution in [1.82, 2.24) is 0 Å². The fourth-order valence-electron chi connectivity index (χ4n) is 1.87. The van der Waals surface area contributed by atoms with E-state index in [-0.39, 0.29) is 17.3 Å². The van der Waals surface area contributed by atoms with Crippen molar-refractivity contribution in [1.29, 1.82) is 0 Å². The van der Waals surface area contributed by atoms with E-state index in [1.54, 1.807) is 12.1 Å². The number of hydrogen-bond acceptors (Lipinski definition) is 4. The summed E-state index contributed by atoms with van der Waals surface area (Å²) in [5.41, 5.74) is 2.96. The van der Waals surface area contributed by atoms with Crippen LogP contribution in [0.2, 0.25) is 0 Å². The molecule has 0 aliphatic heterocycles. The van der Waals surface area contributed by atoms with Gasteiger partial charge in [-0.15, -0.1) is 11.8 Å². The number of anilines is 1. The summed E-state index contributed by atoms with van der Waals surface area (Å²) >= 11 is 1.34. The van der Waals surface area contributed by atoms with Crippen LogP contribution in [0.15, 0.2) is 47.4 Å². The maximum atomic E-state index is 12.0. The number of aryl methyl sites for hydroxylation is 2. The Hall–Kier alpha value is -2.34. The molecule has 0 bridgehead atoms. The van der Waals surface area contributed by atoms with Gasteiger partial charge < -0.3 is 5.32 Å². The van der Waals surface area contributed by atoms with Crippen LogP contribution >= 0.6 is 11.8 Å². The van der Waals surface area contributed by atoms with Gasteiger partial charge in [-0.3, -0.25) is 14.9 Å². The van der Waals surface area contributed by atoms with Crippen LogP contribution < -0.4 is 5.32 Å². The molecule has 5 nitrogen and oxygen atoms in total. The highest BCUT2D eigenvalue weighted by atomic mass is 32.2. The number of benzene rings is 2. The Morgan fingerprint density at radius 1 is 1.18 bits per heavy atom. The molecule has 1 N–H and O–H groups in total. The van der Waals surface area contributed by atoms with Crippen LogP contribution in [0.1, 0.15) is 11.1 Å². The molecule has 22 heavy (non-hydrogen) atoms.